The average Bonchev–Trinajstić information content (AvgIpc) is 3.14. The number of hydrogen-bond donors (Lipinski definition) is 6. The second-order valence-corrected chi connectivity index (χ2v) is 16.7. The molecular formula is C41H43F6N5O7S. The largest absolute Gasteiger partial charge is 0.487 e. The van der Waals surface area contributed by atoms with Crippen LogP contribution in [0.3, 0.4) is 0 Å². The van der Waals surface area contributed by atoms with Crippen molar-refractivity contribution in [2.45, 2.75) is 95.1 Å². The van der Waals surface area contributed by atoms with Gasteiger partial charge in [0.1, 0.15) is 23.0 Å². The summed E-state index contributed by atoms with van der Waals surface area (Å²) in [5.41, 5.74) is -2.98. The number of pyridine rings is 1. The summed E-state index contributed by atoms with van der Waals surface area (Å²) in [5.74, 6) is -4.36. The van der Waals surface area contributed by atoms with Gasteiger partial charge in [0.05, 0.1) is 16.0 Å². The van der Waals surface area contributed by atoms with Crippen molar-refractivity contribution in [3.05, 3.63) is 127 Å². The van der Waals surface area contributed by atoms with Crippen molar-refractivity contribution in [1.82, 2.24) is 20.3 Å². The van der Waals surface area contributed by atoms with Crippen molar-refractivity contribution in [2.75, 3.05) is 6.54 Å². The Morgan fingerprint density at radius 2 is 1.52 bits per heavy atom. The van der Waals surface area contributed by atoms with Crippen LogP contribution in [-0.4, -0.2) is 54.5 Å². The zero-order chi connectivity index (χ0) is 44.5. The molecule has 6 N–H and O–H groups in total. The first-order chi connectivity index (χ1) is 27.8. The summed E-state index contributed by atoms with van der Waals surface area (Å²) >= 11 is 0. The Morgan fingerprint density at radius 3 is 2.07 bits per heavy atom. The third kappa shape index (κ3) is 9.94. The Morgan fingerprint density at radius 1 is 0.933 bits per heavy atom. The molecule has 4 aromatic rings. The molecule has 1 atom stereocenters. The number of aliphatic carboxylic acids is 1. The number of sulfonamides is 1. The fraction of sp³-hybridized carbons (Fsp3) is 0.366. The van der Waals surface area contributed by atoms with Crippen LogP contribution in [0.4, 0.5) is 26.3 Å². The van der Waals surface area contributed by atoms with Crippen LogP contribution in [-0.2, 0) is 33.6 Å². The zero-order valence-corrected chi connectivity index (χ0v) is 33.9. The maximum atomic E-state index is 13.8. The van der Waals surface area contributed by atoms with E-state index in [0.717, 1.165) is 42.1 Å². The third-order valence-corrected chi connectivity index (χ3v) is 12.0. The van der Waals surface area contributed by atoms with Crippen molar-refractivity contribution >= 4 is 27.9 Å². The van der Waals surface area contributed by atoms with Crippen molar-refractivity contribution < 1.29 is 54.2 Å². The summed E-state index contributed by atoms with van der Waals surface area (Å²) in [6.45, 7) is 8.80. The number of alkyl halides is 6. The first-order valence-electron chi connectivity index (χ1n) is 18.6. The van der Waals surface area contributed by atoms with Crippen LogP contribution in [0.15, 0.2) is 70.5 Å². The van der Waals surface area contributed by atoms with E-state index in [4.69, 9.17) is 10.1 Å². The van der Waals surface area contributed by atoms with Gasteiger partial charge in [0.15, 0.2) is 0 Å². The van der Waals surface area contributed by atoms with E-state index >= 15 is 0 Å². The van der Waals surface area contributed by atoms with E-state index in [-0.39, 0.29) is 41.0 Å². The molecule has 1 amide bonds. The van der Waals surface area contributed by atoms with Crippen LogP contribution < -0.4 is 25.7 Å². The molecular weight excluding hydrogens is 821 g/mol. The summed E-state index contributed by atoms with van der Waals surface area (Å²) < 4.78 is 118. The molecule has 0 aliphatic carbocycles. The second kappa shape index (κ2) is 17.0. The minimum absolute atomic E-state index is 0.000816. The van der Waals surface area contributed by atoms with Crippen molar-refractivity contribution in [1.29, 1.82) is 5.41 Å². The molecule has 2 heterocycles. The molecule has 5 rings (SSSR count). The first-order valence-corrected chi connectivity index (χ1v) is 20.1. The van der Waals surface area contributed by atoms with Gasteiger partial charge in [-0.3, -0.25) is 15.0 Å². The number of halogens is 6. The Balaban J connectivity index is 1.34. The third-order valence-electron chi connectivity index (χ3n) is 10.4. The van der Waals surface area contributed by atoms with Gasteiger partial charge < -0.3 is 25.5 Å². The van der Waals surface area contributed by atoms with Gasteiger partial charge in [-0.2, -0.15) is 26.3 Å². The van der Waals surface area contributed by atoms with E-state index < -0.39 is 80.0 Å². The molecule has 1 aliphatic rings. The predicted molar refractivity (Wildman–Crippen MR) is 209 cm³/mol. The van der Waals surface area contributed by atoms with Gasteiger partial charge in [-0.1, -0.05) is 36.4 Å². The van der Waals surface area contributed by atoms with Crippen molar-refractivity contribution in [2.24, 2.45) is 0 Å². The number of carbonyl (C=O) groups is 2. The van der Waals surface area contributed by atoms with Crippen LogP contribution in [0.2, 0.25) is 0 Å². The number of carbonyl (C=O) groups excluding carboxylic acids is 1. The quantitative estimate of drug-likeness (QED) is 0.0377. The van der Waals surface area contributed by atoms with Crippen LogP contribution in [0, 0.1) is 26.2 Å². The molecule has 3 aromatic carbocycles. The number of hydrogen-bond acceptors (Lipinski definition) is 7. The monoisotopic (exact) mass is 863 g/mol. The first kappa shape index (κ1) is 45.2. The number of fused-ring (bicyclic) bond motifs is 1. The summed E-state index contributed by atoms with van der Waals surface area (Å²) in [4.78, 5) is 41.6. The standard InChI is InChI=1S/C41H43F6N5O7S/c1-21-22(2)34(23(3)28-14-16-39(4,5)59-33(21)28)60(57,58)52-38(48)50-17-8-13-30(37(55)56)51-36(54)32-29(15-18-49-35(32)53)31(24-9-6-11-26(19-24)40(42,43)44)25-10-7-12-27(20-25)41(45,46)47/h6-7,9-12,15,18-20,30-31H,8,13-14,16-17H2,1-5H3,(H,49,53)(H,51,54)(H,55,56)(H3,48,50,52)/t30-/m0/s1. The summed E-state index contributed by atoms with van der Waals surface area (Å²) in [7, 11) is -4.28. The number of aromatic nitrogens is 1. The van der Waals surface area contributed by atoms with Gasteiger partial charge in [0.25, 0.3) is 21.5 Å². The molecule has 0 saturated carbocycles. The number of nitrogens with one attached hydrogen (secondary N) is 5. The van der Waals surface area contributed by atoms with E-state index in [9.17, 15) is 54.3 Å². The molecule has 0 fully saturated rings. The van der Waals surface area contributed by atoms with E-state index in [2.05, 4.69) is 20.3 Å². The molecule has 0 unspecified atom stereocenters. The molecule has 19 heteroatoms. The number of aromatic amines is 1. The molecule has 60 heavy (non-hydrogen) atoms. The van der Waals surface area contributed by atoms with Gasteiger partial charge >= 0.3 is 18.3 Å². The molecule has 12 nitrogen and oxygen atoms in total. The number of guanidine groups is 1. The topological polar surface area (TPSA) is 191 Å². The number of amides is 1. The van der Waals surface area contributed by atoms with Gasteiger partial charge in [-0.15, -0.1) is 0 Å². The fourth-order valence-corrected chi connectivity index (χ4v) is 8.81. The van der Waals surface area contributed by atoms with Crippen molar-refractivity contribution in [3.63, 3.8) is 0 Å². The smallest absolute Gasteiger partial charge is 0.416 e. The Bertz CT molecular complexity index is 2440. The molecule has 0 spiro atoms. The fourth-order valence-electron chi connectivity index (χ4n) is 7.29. The molecule has 0 radical (unpaired) electrons. The Hall–Kier alpha value is -5.85. The lowest BCUT2D eigenvalue weighted by atomic mass is 9.82. The molecule has 1 aliphatic heterocycles. The SMILES string of the molecule is Cc1c(C)c(S(=O)(=O)NC(=N)NCCC[C@H](NC(=O)c2c(C(c3cccc(C(F)(F)F)c3)c3cccc(C(F)(F)F)c3)cc[nH]c2=O)C(=O)O)c(C)c2c1OC(C)(C)CC2. The number of rotatable bonds is 12. The maximum absolute atomic E-state index is 13.8. The summed E-state index contributed by atoms with van der Waals surface area (Å²) in [6.07, 6.45) is -7.81. The van der Waals surface area contributed by atoms with E-state index in [1.807, 2.05) is 13.8 Å². The number of carboxylic acid groups (broad SMARTS) is 1. The van der Waals surface area contributed by atoms with E-state index in [0.29, 0.717) is 47.4 Å². The highest BCUT2D eigenvalue weighted by Gasteiger charge is 2.36. The van der Waals surface area contributed by atoms with Gasteiger partial charge in [-0.25, -0.2) is 17.9 Å². The van der Waals surface area contributed by atoms with Crippen LogP contribution >= 0.6 is 0 Å². The molecule has 0 saturated heterocycles. The summed E-state index contributed by atoms with van der Waals surface area (Å²) in [6, 6.07) is 6.75. The minimum atomic E-state index is -4.86. The molecule has 322 valence electrons. The van der Waals surface area contributed by atoms with Crippen molar-refractivity contribution in [3.8, 4) is 5.75 Å². The lowest BCUT2D eigenvalue weighted by Gasteiger charge is -2.35. The lowest BCUT2D eigenvalue weighted by molar-refractivity contribution is -0.139. The Labute approximate surface area is 341 Å². The van der Waals surface area contributed by atoms with E-state index in [1.54, 1.807) is 20.8 Å². The van der Waals surface area contributed by atoms with E-state index in [1.165, 1.54) is 12.1 Å². The Kier molecular flexibility index (Phi) is 12.8. The van der Waals surface area contributed by atoms with Gasteiger partial charge in [-0.05, 0) is 117 Å². The lowest BCUT2D eigenvalue weighted by Crippen LogP contribution is -2.44. The van der Waals surface area contributed by atoms with Crippen LogP contribution in [0.5, 0.6) is 5.75 Å². The second-order valence-electron chi connectivity index (χ2n) is 15.1. The average molecular weight is 864 g/mol. The normalized spacial score (nSPS) is 14.5. The van der Waals surface area contributed by atoms with Crippen LogP contribution in [0.25, 0.3) is 0 Å². The summed E-state index contributed by atoms with van der Waals surface area (Å²) in [5, 5.41) is 23.0. The molecule has 1 aromatic heterocycles. The zero-order valence-electron chi connectivity index (χ0n) is 33.0. The van der Waals surface area contributed by atoms with Gasteiger partial charge in [0.2, 0.25) is 5.96 Å². The van der Waals surface area contributed by atoms with Gasteiger partial charge in [0, 0.05) is 18.7 Å². The number of H-pyrrole nitrogens is 1. The highest BCUT2D eigenvalue weighted by Crippen LogP contribution is 2.43. The number of ether oxygens (including phenoxy) is 1. The predicted octanol–water partition coefficient (Wildman–Crippen LogP) is 7.09. The molecule has 0 bridgehead atoms. The highest BCUT2D eigenvalue weighted by molar-refractivity contribution is 7.90. The minimum Gasteiger partial charge on any atom is -0.487 e. The van der Waals surface area contributed by atoms with Crippen LogP contribution in [0.1, 0.15) is 99.5 Å². The maximum Gasteiger partial charge on any atom is 0.416 e. The highest BCUT2D eigenvalue weighted by atomic mass is 32.2. The number of benzene rings is 3. The number of carboxylic acids is 1.